The minimum absolute atomic E-state index is 0.0236. The van der Waals surface area contributed by atoms with E-state index in [0.29, 0.717) is 13.1 Å². The summed E-state index contributed by atoms with van der Waals surface area (Å²) in [7, 11) is 0. The van der Waals surface area contributed by atoms with Gasteiger partial charge in [0.25, 0.3) is 0 Å². The van der Waals surface area contributed by atoms with Crippen LogP contribution in [-0.4, -0.2) is 89.9 Å². The first kappa shape index (κ1) is 28.1. The Morgan fingerprint density at radius 3 is 1.50 bits per heavy atom. The Balaban J connectivity index is 4.82. The highest BCUT2D eigenvalue weighted by atomic mass is 16.6. The van der Waals surface area contributed by atoms with Gasteiger partial charge in [0.2, 0.25) is 0 Å². The molecular formula is C20H41N4O6+. The molecule has 176 valence electrons. The lowest BCUT2D eigenvalue weighted by Crippen LogP contribution is -2.55. The third kappa shape index (κ3) is 12.6. The van der Waals surface area contributed by atoms with Crippen LogP contribution in [0.5, 0.6) is 0 Å². The molecule has 0 aromatic heterocycles. The number of nitrogens with one attached hydrogen (secondary N) is 2. The third-order valence-electron chi connectivity index (χ3n) is 4.06. The molecule has 3 amide bonds. The zero-order valence-electron chi connectivity index (χ0n) is 19.8. The summed E-state index contributed by atoms with van der Waals surface area (Å²) in [5, 5.41) is 15.7. The van der Waals surface area contributed by atoms with E-state index in [1.807, 2.05) is 0 Å². The van der Waals surface area contributed by atoms with Crippen LogP contribution in [0.4, 0.5) is 9.59 Å². The Labute approximate surface area is 180 Å². The molecule has 0 rings (SSSR count). The zero-order valence-corrected chi connectivity index (χ0v) is 19.8. The lowest BCUT2D eigenvalue weighted by atomic mass is 10.2. The first-order chi connectivity index (χ1) is 13.6. The molecule has 0 bridgehead atoms. The van der Waals surface area contributed by atoms with Gasteiger partial charge in [0.1, 0.15) is 30.8 Å². The SMILES string of the molecule is CC[N+](O)(CC)C(=O)CN(CCNC(=O)OC(C)(C)C)CCNC(=O)OC(C)(C)C. The Kier molecular flexibility index (Phi) is 11.3. The second-order valence-corrected chi connectivity index (χ2v) is 9.08. The van der Waals surface area contributed by atoms with E-state index in [4.69, 9.17) is 9.47 Å². The van der Waals surface area contributed by atoms with Crippen molar-refractivity contribution in [2.24, 2.45) is 0 Å². The van der Waals surface area contributed by atoms with Crippen molar-refractivity contribution in [3.8, 4) is 0 Å². The predicted octanol–water partition coefficient (Wildman–Crippen LogP) is 2.11. The molecule has 3 N–H and O–H groups in total. The summed E-state index contributed by atoms with van der Waals surface area (Å²) in [6.45, 7) is 15.8. The fourth-order valence-corrected chi connectivity index (χ4v) is 2.43. The van der Waals surface area contributed by atoms with Crippen LogP contribution >= 0.6 is 0 Å². The van der Waals surface area contributed by atoms with Crippen LogP contribution in [0.3, 0.4) is 0 Å². The molecule has 30 heavy (non-hydrogen) atoms. The maximum atomic E-state index is 12.6. The number of ether oxygens (including phenoxy) is 2. The van der Waals surface area contributed by atoms with E-state index in [1.54, 1.807) is 60.3 Å². The second-order valence-electron chi connectivity index (χ2n) is 9.08. The molecule has 0 heterocycles. The smallest absolute Gasteiger partial charge is 0.407 e. The molecule has 0 radical (unpaired) electrons. The van der Waals surface area contributed by atoms with Crippen LogP contribution in [0, 0.1) is 0 Å². The first-order valence-corrected chi connectivity index (χ1v) is 10.4. The van der Waals surface area contributed by atoms with Crippen molar-refractivity contribution in [2.75, 3.05) is 45.8 Å². The number of hydrogen-bond acceptors (Lipinski definition) is 7. The number of amides is 3. The van der Waals surface area contributed by atoms with Gasteiger partial charge in [-0.15, -0.1) is 4.65 Å². The lowest BCUT2D eigenvalue weighted by Gasteiger charge is -2.28. The fourth-order valence-electron chi connectivity index (χ4n) is 2.43. The maximum Gasteiger partial charge on any atom is 0.407 e. The Hall–Kier alpha value is -1.91. The molecular weight excluding hydrogens is 392 g/mol. The monoisotopic (exact) mass is 433 g/mol. The maximum absolute atomic E-state index is 12.6. The van der Waals surface area contributed by atoms with E-state index < -0.39 is 28.0 Å². The number of carbonyl (C=O) groups is 3. The molecule has 0 fully saturated rings. The number of hydroxylamine groups is 3. The molecule has 0 saturated carbocycles. The average molecular weight is 434 g/mol. The number of quaternary nitrogens is 1. The van der Waals surface area contributed by atoms with Gasteiger partial charge in [-0.05, 0) is 55.4 Å². The molecule has 0 aromatic rings. The van der Waals surface area contributed by atoms with Crippen LogP contribution in [0.25, 0.3) is 0 Å². The van der Waals surface area contributed by atoms with Gasteiger partial charge in [0.15, 0.2) is 0 Å². The highest BCUT2D eigenvalue weighted by Crippen LogP contribution is 2.07. The van der Waals surface area contributed by atoms with E-state index in [0.717, 1.165) is 0 Å². The molecule has 0 aliphatic heterocycles. The minimum atomic E-state index is -0.671. The van der Waals surface area contributed by atoms with Gasteiger partial charge in [-0.2, -0.15) is 0 Å². The van der Waals surface area contributed by atoms with Gasteiger partial charge >= 0.3 is 18.1 Å². The van der Waals surface area contributed by atoms with Crippen LogP contribution in [-0.2, 0) is 14.3 Å². The normalized spacial score (nSPS) is 12.5. The van der Waals surface area contributed by atoms with E-state index in [2.05, 4.69) is 10.6 Å². The molecule has 10 nitrogen and oxygen atoms in total. The highest BCUT2D eigenvalue weighted by Gasteiger charge is 2.33. The molecule has 10 heteroatoms. The summed E-state index contributed by atoms with van der Waals surface area (Å²) in [5.74, 6) is -0.352. The van der Waals surface area contributed by atoms with Crippen LogP contribution in [0.15, 0.2) is 0 Å². The van der Waals surface area contributed by atoms with E-state index in [1.165, 1.54) is 0 Å². The van der Waals surface area contributed by atoms with E-state index >= 15 is 0 Å². The number of carbonyl (C=O) groups excluding carboxylic acids is 3. The second kappa shape index (κ2) is 12.1. The van der Waals surface area contributed by atoms with E-state index in [-0.39, 0.29) is 38.6 Å². The van der Waals surface area contributed by atoms with Crippen LogP contribution in [0.1, 0.15) is 55.4 Å². The van der Waals surface area contributed by atoms with Crippen molar-refractivity contribution in [1.29, 1.82) is 0 Å². The van der Waals surface area contributed by atoms with Gasteiger partial charge in [0.05, 0.1) is 0 Å². The zero-order chi connectivity index (χ0) is 23.6. The number of alkyl carbamates (subject to hydrolysis) is 2. The highest BCUT2D eigenvalue weighted by molar-refractivity contribution is 5.71. The van der Waals surface area contributed by atoms with Gasteiger partial charge in [0, 0.05) is 26.2 Å². The van der Waals surface area contributed by atoms with Crippen molar-refractivity contribution in [3.05, 3.63) is 0 Å². The lowest BCUT2D eigenvalue weighted by molar-refractivity contribution is -1.04. The molecule has 0 aliphatic rings. The Bertz CT molecular complexity index is 531. The molecule has 0 saturated heterocycles. The summed E-state index contributed by atoms with van der Waals surface area (Å²) >= 11 is 0. The van der Waals surface area contributed by atoms with Gasteiger partial charge < -0.3 is 20.1 Å². The van der Waals surface area contributed by atoms with Crippen LogP contribution in [0.2, 0.25) is 0 Å². The first-order valence-electron chi connectivity index (χ1n) is 10.4. The van der Waals surface area contributed by atoms with Crippen molar-refractivity contribution in [2.45, 2.75) is 66.6 Å². The summed E-state index contributed by atoms with van der Waals surface area (Å²) < 4.78 is 9.72. The van der Waals surface area contributed by atoms with Gasteiger partial charge in [-0.3, -0.25) is 4.90 Å². The van der Waals surface area contributed by atoms with Crippen LogP contribution < -0.4 is 10.6 Å². The Morgan fingerprint density at radius 2 is 1.20 bits per heavy atom. The molecule has 0 aromatic carbocycles. The molecule has 0 spiro atoms. The number of rotatable bonds is 10. The van der Waals surface area contributed by atoms with Crippen molar-refractivity contribution < 1.29 is 33.7 Å². The minimum Gasteiger partial charge on any atom is -0.444 e. The topological polar surface area (TPSA) is 117 Å². The van der Waals surface area contributed by atoms with E-state index in [9.17, 15) is 19.6 Å². The van der Waals surface area contributed by atoms with Crippen molar-refractivity contribution >= 4 is 18.1 Å². The van der Waals surface area contributed by atoms with Crippen molar-refractivity contribution in [1.82, 2.24) is 15.5 Å². The molecule has 0 unspecified atom stereocenters. The summed E-state index contributed by atoms with van der Waals surface area (Å²) in [4.78, 5) is 37.9. The van der Waals surface area contributed by atoms with Crippen molar-refractivity contribution in [3.63, 3.8) is 0 Å². The number of likely N-dealkylation sites (N-methyl/N-ethyl adjacent to an activating group) is 1. The quantitative estimate of drug-likeness (QED) is 0.274. The summed E-state index contributed by atoms with van der Waals surface area (Å²) in [6, 6.07) is 0. The fraction of sp³-hybridized carbons (Fsp3) is 0.850. The Morgan fingerprint density at radius 1 is 0.833 bits per heavy atom. The molecule has 0 aliphatic carbocycles. The number of hydrogen-bond donors (Lipinski definition) is 3. The van der Waals surface area contributed by atoms with Gasteiger partial charge in [-0.25, -0.2) is 19.6 Å². The summed E-state index contributed by atoms with van der Waals surface area (Å²) in [6.07, 6.45) is -1.09. The molecule has 0 atom stereocenters. The largest absolute Gasteiger partial charge is 0.444 e. The standard InChI is InChI=1S/C20H40N4O6/c1-9-24(28,10-2)16(25)15-23(13-11-21-17(26)29-19(3,4)5)14-12-22-18(27)30-20(6,7)8/h28H,9-15H2,1-8H3,(H-,21,22,26,27)/p+1. The predicted molar refractivity (Wildman–Crippen MR) is 113 cm³/mol. The average Bonchev–Trinajstić information content (AvgIpc) is 2.57. The van der Waals surface area contributed by atoms with Gasteiger partial charge in [-0.1, -0.05) is 0 Å². The third-order valence-corrected chi connectivity index (χ3v) is 4.06. The number of nitrogens with zero attached hydrogens (tertiary/aromatic N) is 2. The summed E-state index contributed by atoms with van der Waals surface area (Å²) in [5.41, 5.74) is -1.21.